The normalized spacial score (nSPS) is 48.7. The highest BCUT2D eigenvalue weighted by Gasteiger charge is 2.69. The van der Waals surface area contributed by atoms with Crippen molar-refractivity contribution in [2.24, 2.45) is 21.7 Å². The molecule has 0 spiro atoms. The second kappa shape index (κ2) is 3.59. The van der Waals surface area contributed by atoms with Gasteiger partial charge in [-0.2, -0.15) is 4.79 Å². The molecule has 6 rings (SSSR count). The number of hydrogen-bond donors (Lipinski definition) is 1. The van der Waals surface area contributed by atoms with E-state index in [1.54, 1.807) is 0 Å². The lowest BCUT2D eigenvalue weighted by molar-refractivity contribution is -0.215. The third-order valence-electron chi connectivity index (χ3n) is 5.74. The molecule has 0 atom stereocenters. The number of carboxylic acid groups (broad SMARTS) is 1. The smallest absolute Gasteiger partial charge is 0.323 e. The number of carbonyl (C=O) groups excluding carboxylic acids is 1. The Labute approximate surface area is 118 Å². The third kappa shape index (κ3) is 1.62. The van der Waals surface area contributed by atoms with E-state index in [2.05, 4.69) is 18.6 Å². The lowest BCUT2D eigenvalue weighted by atomic mass is 9.35. The van der Waals surface area contributed by atoms with E-state index < -0.39 is 5.97 Å². The summed E-state index contributed by atoms with van der Waals surface area (Å²) in [5.74, 6) is -0.574. The average molecular weight is 276 g/mol. The van der Waals surface area contributed by atoms with Crippen LogP contribution in [0.4, 0.5) is 0 Å². The van der Waals surface area contributed by atoms with Crippen LogP contribution in [-0.4, -0.2) is 27.9 Å². The van der Waals surface area contributed by atoms with Crippen LogP contribution in [-0.2, 0) is 9.59 Å². The zero-order valence-electron chi connectivity index (χ0n) is 12.0. The molecule has 0 unspecified atom stereocenters. The maximum atomic E-state index is 11.2. The Morgan fingerprint density at radius 1 is 1.00 bits per heavy atom. The number of nitrogens with zero attached hydrogens (tertiary/aromatic N) is 2. The zero-order valence-corrected chi connectivity index (χ0v) is 12.0. The molecular formula is C15H20N2O3. The van der Waals surface area contributed by atoms with E-state index in [1.807, 2.05) is 0 Å². The van der Waals surface area contributed by atoms with Crippen molar-refractivity contribution >= 4 is 18.0 Å². The van der Waals surface area contributed by atoms with Crippen LogP contribution in [0.15, 0.2) is 0 Å². The van der Waals surface area contributed by atoms with Crippen LogP contribution in [0, 0.1) is 21.7 Å². The summed E-state index contributed by atoms with van der Waals surface area (Å²) >= 11 is 0. The number of carbonyl (C=O) groups is 2. The van der Waals surface area contributed by atoms with Gasteiger partial charge in [-0.1, -0.05) is 13.8 Å². The SMILES string of the molecule is CC12CC(C(=O)C=[N+]=[N-])(C1)C2.CC12CC(C(=O)O)(C1)C2. The Bertz CT molecular complexity index is 520. The molecule has 0 aromatic rings. The number of hydrogen-bond acceptors (Lipinski definition) is 2. The summed E-state index contributed by atoms with van der Waals surface area (Å²) in [4.78, 5) is 24.5. The Kier molecular flexibility index (Phi) is 2.42. The molecule has 0 aliphatic heterocycles. The highest BCUT2D eigenvalue weighted by atomic mass is 16.4. The van der Waals surface area contributed by atoms with E-state index in [-0.39, 0.29) is 16.6 Å². The predicted octanol–water partition coefficient (Wildman–Crippen LogP) is 2.31. The number of Topliss-reactive ketones (excluding diaryl/α,β-unsaturated/α-hetero) is 1. The largest absolute Gasteiger partial charge is 0.481 e. The van der Waals surface area contributed by atoms with Crippen molar-refractivity contribution in [2.45, 2.75) is 52.4 Å². The van der Waals surface area contributed by atoms with Crippen molar-refractivity contribution < 1.29 is 19.5 Å². The quantitative estimate of drug-likeness (QED) is 0.487. The van der Waals surface area contributed by atoms with Gasteiger partial charge in [-0.3, -0.25) is 9.59 Å². The average Bonchev–Trinajstić information content (AvgIpc) is 2.18. The van der Waals surface area contributed by atoms with Gasteiger partial charge in [0.05, 0.1) is 5.41 Å². The van der Waals surface area contributed by atoms with Crippen LogP contribution in [0.3, 0.4) is 0 Å². The first-order valence-electron chi connectivity index (χ1n) is 7.12. The van der Waals surface area contributed by atoms with E-state index >= 15 is 0 Å². The Hall–Kier alpha value is -1.48. The molecule has 5 heteroatoms. The maximum absolute atomic E-state index is 11.2. The molecule has 0 aromatic carbocycles. The number of carboxylic acids is 1. The second-order valence-electron chi connectivity index (χ2n) is 8.16. The summed E-state index contributed by atoms with van der Waals surface area (Å²) in [6.45, 7) is 4.36. The summed E-state index contributed by atoms with van der Waals surface area (Å²) in [6, 6.07) is 0. The molecule has 6 aliphatic rings. The fraction of sp³-hybridized carbons (Fsp3) is 0.800. The molecule has 108 valence electrons. The molecular weight excluding hydrogens is 256 g/mol. The van der Waals surface area contributed by atoms with Gasteiger partial charge in [-0.05, 0) is 49.4 Å². The van der Waals surface area contributed by atoms with Gasteiger partial charge in [0, 0.05) is 5.41 Å². The van der Waals surface area contributed by atoms with E-state index in [0.29, 0.717) is 10.8 Å². The number of rotatable bonds is 3. The van der Waals surface area contributed by atoms with E-state index in [0.717, 1.165) is 44.7 Å². The highest BCUT2D eigenvalue weighted by molar-refractivity contribution is 6.28. The number of aliphatic carboxylic acids is 1. The first-order chi connectivity index (χ1) is 9.17. The Morgan fingerprint density at radius 2 is 1.40 bits per heavy atom. The van der Waals surface area contributed by atoms with Crippen LogP contribution in [0.2, 0.25) is 0 Å². The first-order valence-corrected chi connectivity index (χ1v) is 7.12. The molecule has 0 saturated heterocycles. The zero-order chi connectivity index (χ0) is 14.8. The van der Waals surface area contributed by atoms with E-state index in [1.165, 1.54) is 0 Å². The minimum absolute atomic E-state index is 0.00345. The number of ketones is 1. The minimum Gasteiger partial charge on any atom is -0.481 e. The third-order valence-corrected chi connectivity index (χ3v) is 5.74. The van der Waals surface area contributed by atoms with Gasteiger partial charge < -0.3 is 10.6 Å². The lowest BCUT2D eigenvalue weighted by Gasteiger charge is -2.67. The van der Waals surface area contributed by atoms with Gasteiger partial charge in [0.25, 0.3) is 0 Å². The van der Waals surface area contributed by atoms with Crippen molar-refractivity contribution in [3.63, 3.8) is 0 Å². The van der Waals surface area contributed by atoms with Crippen molar-refractivity contribution in [1.29, 1.82) is 0 Å². The summed E-state index contributed by atoms with van der Waals surface area (Å²) in [6.07, 6.45) is 6.79. The monoisotopic (exact) mass is 276 g/mol. The molecule has 0 heterocycles. The van der Waals surface area contributed by atoms with Gasteiger partial charge in [0.15, 0.2) is 0 Å². The summed E-state index contributed by atoms with van der Waals surface area (Å²) in [5, 5.41) is 8.64. The van der Waals surface area contributed by atoms with Gasteiger partial charge in [0.1, 0.15) is 0 Å². The summed E-state index contributed by atoms with van der Waals surface area (Å²) in [7, 11) is 0. The molecule has 6 aliphatic carbocycles. The Balaban J connectivity index is 0.000000123. The molecule has 0 amide bonds. The molecule has 0 aromatic heterocycles. The highest BCUT2D eigenvalue weighted by Crippen LogP contribution is 2.73. The maximum Gasteiger partial charge on any atom is 0.323 e. The van der Waals surface area contributed by atoms with Crippen molar-refractivity contribution in [2.75, 3.05) is 0 Å². The Morgan fingerprint density at radius 3 is 1.65 bits per heavy atom. The van der Waals surface area contributed by atoms with Gasteiger partial charge in [-0.25, -0.2) is 0 Å². The molecule has 4 bridgehead atoms. The van der Waals surface area contributed by atoms with Gasteiger partial charge in [-0.15, -0.1) is 0 Å². The van der Waals surface area contributed by atoms with Crippen LogP contribution in [0.1, 0.15) is 52.4 Å². The minimum atomic E-state index is -0.578. The first kappa shape index (κ1) is 13.5. The van der Waals surface area contributed by atoms with Gasteiger partial charge >= 0.3 is 12.2 Å². The molecule has 5 nitrogen and oxygen atoms in total. The second-order valence-corrected chi connectivity index (χ2v) is 8.16. The van der Waals surface area contributed by atoms with E-state index in [4.69, 9.17) is 10.6 Å². The lowest BCUT2D eigenvalue weighted by Crippen LogP contribution is -2.64. The fourth-order valence-corrected chi connectivity index (χ4v) is 5.27. The van der Waals surface area contributed by atoms with E-state index in [9.17, 15) is 9.59 Å². The summed E-state index contributed by atoms with van der Waals surface area (Å²) in [5.41, 5.74) is 8.66. The molecule has 1 N–H and O–H groups in total. The molecule has 0 radical (unpaired) electrons. The summed E-state index contributed by atoms with van der Waals surface area (Å²) < 4.78 is 0. The van der Waals surface area contributed by atoms with Crippen LogP contribution in [0.5, 0.6) is 0 Å². The van der Waals surface area contributed by atoms with Gasteiger partial charge in [0.2, 0.25) is 5.78 Å². The fourth-order valence-electron chi connectivity index (χ4n) is 5.27. The van der Waals surface area contributed by atoms with Crippen molar-refractivity contribution in [3.8, 4) is 0 Å². The molecule has 6 saturated carbocycles. The van der Waals surface area contributed by atoms with Crippen LogP contribution >= 0.6 is 0 Å². The molecule has 6 fully saturated rings. The predicted molar refractivity (Wildman–Crippen MR) is 71.1 cm³/mol. The topological polar surface area (TPSA) is 90.8 Å². The van der Waals surface area contributed by atoms with Crippen LogP contribution in [0.25, 0.3) is 5.53 Å². The van der Waals surface area contributed by atoms with Crippen molar-refractivity contribution in [1.82, 2.24) is 0 Å². The van der Waals surface area contributed by atoms with Crippen molar-refractivity contribution in [3.05, 3.63) is 5.53 Å². The molecule has 20 heavy (non-hydrogen) atoms. The van der Waals surface area contributed by atoms with Crippen LogP contribution < -0.4 is 0 Å². The standard InChI is InChI=1S/C8H10N2O.C7H10O2/c1-7-3-8(4-7,5-7)6(11)2-10-9;1-6-2-7(3-6,4-6)5(8)9/h2H,3-5H2,1H3;2-4H2,1H3,(H,8,9).